The van der Waals surface area contributed by atoms with Gasteiger partial charge in [-0.05, 0) is 41.0 Å². The van der Waals surface area contributed by atoms with E-state index in [2.05, 4.69) is 62.6 Å². The van der Waals surface area contributed by atoms with Crippen molar-refractivity contribution in [2.75, 3.05) is 26.2 Å². The predicted octanol–water partition coefficient (Wildman–Crippen LogP) is 3.33. The lowest BCUT2D eigenvalue weighted by atomic mass is 10.1. The van der Waals surface area contributed by atoms with Gasteiger partial charge in [-0.3, -0.25) is 19.6 Å². The summed E-state index contributed by atoms with van der Waals surface area (Å²) in [5, 5.41) is 2.96. The molecule has 0 bridgehead atoms. The van der Waals surface area contributed by atoms with Gasteiger partial charge in [-0.25, -0.2) is 0 Å². The molecule has 5 heteroatoms. The van der Waals surface area contributed by atoms with E-state index in [0.29, 0.717) is 12.1 Å². The Kier molecular flexibility index (Phi) is 6.85. The zero-order valence-electron chi connectivity index (χ0n) is 17.2. The van der Waals surface area contributed by atoms with Gasteiger partial charge in [-0.15, -0.1) is 0 Å². The Morgan fingerprint density at radius 3 is 1.90 bits per heavy atom. The van der Waals surface area contributed by atoms with Gasteiger partial charge in [0.25, 0.3) is 5.91 Å². The standard InChI is InChI=1S/C25H28N4O/c30-25(27-18-21-10-12-26-13-11-21)24-8-6-23(7-9-24)20-29-16-14-28(15-17-29)19-22-4-2-1-3-5-22/h1-13H,14-20H2,(H,27,30). The molecule has 0 saturated carbocycles. The first-order chi connectivity index (χ1) is 14.8. The van der Waals surface area contributed by atoms with E-state index >= 15 is 0 Å². The molecular formula is C25H28N4O. The van der Waals surface area contributed by atoms with Crippen LogP contribution in [0.15, 0.2) is 79.1 Å². The molecule has 1 aromatic heterocycles. The molecular weight excluding hydrogens is 372 g/mol. The summed E-state index contributed by atoms with van der Waals surface area (Å²) in [6, 6.07) is 22.5. The van der Waals surface area contributed by atoms with E-state index in [1.54, 1.807) is 12.4 Å². The lowest BCUT2D eigenvalue weighted by Crippen LogP contribution is -2.45. The topological polar surface area (TPSA) is 48.5 Å². The molecule has 2 aromatic carbocycles. The van der Waals surface area contributed by atoms with Crippen LogP contribution in [-0.2, 0) is 19.6 Å². The fourth-order valence-electron chi connectivity index (χ4n) is 3.75. The molecule has 1 amide bonds. The van der Waals surface area contributed by atoms with Crippen LogP contribution in [-0.4, -0.2) is 46.9 Å². The van der Waals surface area contributed by atoms with Gasteiger partial charge in [0, 0.05) is 63.8 Å². The number of pyridine rings is 1. The molecule has 4 rings (SSSR count). The summed E-state index contributed by atoms with van der Waals surface area (Å²) >= 11 is 0. The highest BCUT2D eigenvalue weighted by atomic mass is 16.1. The molecule has 154 valence electrons. The summed E-state index contributed by atoms with van der Waals surface area (Å²) in [7, 11) is 0. The number of amides is 1. The van der Waals surface area contributed by atoms with Crippen molar-refractivity contribution in [2.24, 2.45) is 0 Å². The second-order valence-electron chi connectivity index (χ2n) is 7.77. The normalized spacial score (nSPS) is 15.1. The summed E-state index contributed by atoms with van der Waals surface area (Å²) in [4.78, 5) is 21.4. The summed E-state index contributed by atoms with van der Waals surface area (Å²) < 4.78 is 0. The van der Waals surface area contributed by atoms with E-state index in [4.69, 9.17) is 0 Å². The van der Waals surface area contributed by atoms with E-state index in [9.17, 15) is 4.79 Å². The van der Waals surface area contributed by atoms with Gasteiger partial charge in [-0.2, -0.15) is 0 Å². The van der Waals surface area contributed by atoms with E-state index in [-0.39, 0.29) is 5.91 Å². The molecule has 2 heterocycles. The second kappa shape index (κ2) is 10.1. The van der Waals surface area contributed by atoms with E-state index in [1.807, 2.05) is 24.3 Å². The van der Waals surface area contributed by atoms with E-state index < -0.39 is 0 Å². The van der Waals surface area contributed by atoms with Crippen molar-refractivity contribution in [1.29, 1.82) is 0 Å². The highest BCUT2D eigenvalue weighted by Crippen LogP contribution is 2.12. The van der Waals surface area contributed by atoms with Crippen molar-refractivity contribution in [2.45, 2.75) is 19.6 Å². The van der Waals surface area contributed by atoms with Crippen LogP contribution in [0.4, 0.5) is 0 Å². The lowest BCUT2D eigenvalue weighted by Gasteiger charge is -2.34. The van der Waals surface area contributed by atoms with Crippen molar-refractivity contribution >= 4 is 5.91 Å². The van der Waals surface area contributed by atoms with Crippen LogP contribution < -0.4 is 5.32 Å². The quantitative estimate of drug-likeness (QED) is 0.661. The zero-order chi connectivity index (χ0) is 20.6. The van der Waals surface area contributed by atoms with Gasteiger partial charge in [0.05, 0.1) is 0 Å². The number of hydrogen-bond acceptors (Lipinski definition) is 4. The maximum Gasteiger partial charge on any atom is 0.251 e. The molecule has 0 unspecified atom stereocenters. The van der Waals surface area contributed by atoms with Crippen LogP contribution in [0.3, 0.4) is 0 Å². The minimum Gasteiger partial charge on any atom is -0.348 e. The molecule has 0 atom stereocenters. The van der Waals surface area contributed by atoms with Gasteiger partial charge in [-0.1, -0.05) is 42.5 Å². The number of rotatable bonds is 7. The molecule has 0 spiro atoms. The first kappa shape index (κ1) is 20.3. The molecule has 1 fully saturated rings. The number of carbonyl (C=O) groups is 1. The highest BCUT2D eigenvalue weighted by molar-refractivity contribution is 5.94. The van der Waals surface area contributed by atoms with Crippen LogP contribution in [0.1, 0.15) is 27.0 Å². The average Bonchev–Trinajstić information content (AvgIpc) is 2.81. The summed E-state index contributed by atoms with van der Waals surface area (Å²) in [6.07, 6.45) is 3.47. The van der Waals surface area contributed by atoms with E-state index in [0.717, 1.165) is 44.8 Å². The van der Waals surface area contributed by atoms with Gasteiger partial charge in [0.2, 0.25) is 0 Å². The van der Waals surface area contributed by atoms with Crippen molar-refractivity contribution in [3.05, 3.63) is 101 Å². The largest absolute Gasteiger partial charge is 0.348 e. The van der Waals surface area contributed by atoms with Gasteiger partial charge in [0.15, 0.2) is 0 Å². The zero-order valence-corrected chi connectivity index (χ0v) is 17.2. The third-order valence-electron chi connectivity index (χ3n) is 5.54. The summed E-state index contributed by atoms with van der Waals surface area (Å²) in [5.74, 6) is -0.0483. The van der Waals surface area contributed by atoms with Crippen LogP contribution in [0.2, 0.25) is 0 Å². The average molecular weight is 401 g/mol. The van der Waals surface area contributed by atoms with E-state index in [1.165, 1.54) is 11.1 Å². The van der Waals surface area contributed by atoms with Crippen molar-refractivity contribution in [1.82, 2.24) is 20.1 Å². The lowest BCUT2D eigenvalue weighted by molar-refractivity contribution is 0.0951. The number of benzene rings is 2. The minimum absolute atomic E-state index is 0.0483. The third-order valence-corrected chi connectivity index (χ3v) is 5.54. The minimum atomic E-state index is -0.0483. The Hall–Kier alpha value is -3.02. The fourth-order valence-corrected chi connectivity index (χ4v) is 3.75. The molecule has 5 nitrogen and oxygen atoms in total. The fraction of sp³-hybridized carbons (Fsp3) is 0.280. The monoisotopic (exact) mass is 400 g/mol. The van der Waals surface area contributed by atoms with Crippen molar-refractivity contribution in [3.63, 3.8) is 0 Å². The van der Waals surface area contributed by atoms with Gasteiger partial charge >= 0.3 is 0 Å². The van der Waals surface area contributed by atoms with Gasteiger partial charge in [0.1, 0.15) is 0 Å². The molecule has 1 N–H and O–H groups in total. The van der Waals surface area contributed by atoms with Crippen LogP contribution >= 0.6 is 0 Å². The Morgan fingerprint density at radius 2 is 1.30 bits per heavy atom. The number of carbonyl (C=O) groups excluding carboxylic acids is 1. The highest BCUT2D eigenvalue weighted by Gasteiger charge is 2.17. The smallest absolute Gasteiger partial charge is 0.251 e. The number of nitrogens with one attached hydrogen (secondary N) is 1. The Bertz CT molecular complexity index is 920. The first-order valence-corrected chi connectivity index (χ1v) is 10.5. The SMILES string of the molecule is O=C(NCc1ccncc1)c1ccc(CN2CCN(Cc3ccccc3)CC2)cc1. The van der Waals surface area contributed by atoms with Crippen LogP contribution in [0.25, 0.3) is 0 Å². The number of hydrogen-bond donors (Lipinski definition) is 1. The van der Waals surface area contributed by atoms with Crippen molar-refractivity contribution < 1.29 is 4.79 Å². The summed E-state index contributed by atoms with van der Waals surface area (Å²) in [6.45, 7) is 6.78. The maximum absolute atomic E-state index is 12.4. The first-order valence-electron chi connectivity index (χ1n) is 10.5. The molecule has 0 radical (unpaired) electrons. The van der Waals surface area contributed by atoms with Crippen LogP contribution in [0.5, 0.6) is 0 Å². The summed E-state index contributed by atoms with van der Waals surface area (Å²) in [5.41, 5.74) is 4.36. The number of nitrogens with zero attached hydrogens (tertiary/aromatic N) is 3. The maximum atomic E-state index is 12.4. The predicted molar refractivity (Wildman–Crippen MR) is 119 cm³/mol. The van der Waals surface area contributed by atoms with Crippen molar-refractivity contribution in [3.8, 4) is 0 Å². The molecule has 30 heavy (non-hydrogen) atoms. The molecule has 3 aromatic rings. The van der Waals surface area contributed by atoms with Gasteiger partial charge < -0.3 is 5.32 Å². The Labute approximate surface area is 178 Å². The molecule has 1 saturated heterocycles. The van der Waals surface area contributed by atoms with Crippen LogP contribution in [0, 0.1) is 0 Å². The third kappa shape index (κ3) is 5.75. The second-order valence-corrected chi connectivity index (χ2v) is 7.77. The number of piperazine rings is 1. The Balaban J connectivity index is 1.22. The molecule has 1 aliphatic rings. The molecule has 1 aliphatic heterocycles. The number of aromatic nitrogens is 1. The Morgan fingerprint density at radius 1 is 0.733 bits per heavy atom. The molecule has 0 aliphatic carbocycles.